The number of carboxylic acids is 1. The lowest BCUT2D eigenvalue weighted by Crippen LogP contribution is -2.52. The molecule has 1 heterocycles. The van der Waals surface area contributed by atoms with E-state index in [1.165, 1.54) is 0 Å². The summed E-state index contributed by atoms with van der Waals surface area (Å²) in [6.45, 7) is 6.59. The Morgan fingerprint density at radius 1 is 1.28 bits per heavy atom. The van der Waals surface area contributed by atoms with Gasteiger partial charge in [-0.15, -0.1) is 0 Å². The van der Waals surface area contributed by atoms with Crippen LogP contribution in [0.4, 0.5) is 4.79 Å². The largest absolute Gasteiger partial charge is 0.481 e. The molecule has 0 aromatic rings. The summed E-state index contributed by atoms with van der Waals surface area (Å²) in [5.74, 6) is -0.873. The van der Waals surface area contributed by atoms with Crippen molar-refractivity contribution in [1.29, 1.82) is 0 Å². The fourth-order valence-corrected chi connectivity index (χ4v) is 1.86. The van der Waals surface area contributed by atoms with Crippen molar-refractivity contribution in [1.82, 2.24) is 10.6 Å². The maximum Gasteiger partial charge on any atom is 0.315 e. The van der Waals surface area contributed by atoms with Crippen LogP contribution in [-0.4, -0.2) is 42.4 Å². The van der Waals surface area contributed by atoms with Crippen molar-refractivity contribution in [2.75, 3.05) is 19.8 Å². The standard InChI is InChI=1S/C12H22N2O4/c1-11(2,3)14-10(17)13-8-12(9(15)16)4-6-18-7-5-12/h4-8H2,1-3H3,(H,15,16)(H2,13,14,17). The van der Waals surface area contributed by atoms with E-state index < -0.39 is 11.4 Å². The van der Waals surface area contributed by atoms with Crippen molar-refractivity contribution < 1.29 is 19.4 Å². The quantitative estimate of drug-likeness (QED) is 0.703. The normalized spacial score (nSPS) is 19.1. The van der Waals surface area contributed by atoms with Gasteiger partial charge in [-0.05, 0) is 33.6 Å². The fourth-order valence-electron chi connectivity index (χ4n) is 1.86. The summed E-state index contributed by atoms with van der Waals surface area (Å²) in [5, 5.41) is 14.7. The highest BCUT2D eigenvalue weighted by molar-refractivity contribution is 5.78. The molecule has 2 amide bonds. The van der Waals surface area contributed by atoms with E-state index in [9.17, 15) is 14.7 Å². The third-order valence-electron chi connectivity index (χ3n) is 2.98. The summed E-state index contributed by atoms with van der Waals surface area (Å²) < 4.78 is 5.17. The predicted molar refractivity (Wildman–Crippen MR) is 66.4 cm³/mol. The molecule has 18 heavy (non-hydrogen) atoms. The molecule has 0 atom stereocenters. The van der Waals surface area contributed by atoms with Crippen molar-refractivity contribution in [3.63, 3.8) is 0 Å². The zero-order chi connectivity index (χ0) is 13.8. The van der Waals surface area contributed by atoms with Gasteiger partial charge in [0.15, 0.2) is 0 Å². The Kier molecular flexibility index (Phi) is 4.56. The maximum absolute atomic E-state index is 11.6. The lowest BCUT2D eigenvalue weighted by molar-refractivity contribution is -0.154. The van der Waals surface area contributed by atoms with Gasteiger partial charge >= 0.3 is 12.0 Å². The molecule has 3 N–H and O–H groups in total. The van der Waals surface area contributed by atoms with Crippen LogP contribution in [0.2, 0.25) is 0 Å². The van der Waals surface area contributed by atoms with Crippen LogP contribution in [-0.2, 0) is 9.53 Å². The number of carbonyl (C=O) groups is 2. The Morgan fingerprint density at radius 2 is 1.83 bits per heavy atom. The number of amides is 2. The Hall–Kier alpha value is -1.30. The number of rotatable bonds is 3. The second kappa shape index (κ2) is 5.56. The predicted octanol–water partition coefficient (Wildman–Crippen LogP) is 0.965. The van der Waals surface area contributed by atoms with E-state index in [-0.39, 0.29) is 18.1 Å². The monoisotopic (exact) mass is 258 g/mol. The van der Waals surface area contributed by atoms with Crippen molar-refractivity contribution >= 4 is 12.0 Å². The van der Waals surface area contributed by atoms with Gasteiger partial charge in [0.05, 0.1) is 5.41 Å². The maximum atomic E-state index is 11.6. The van der Waals surface area contributed by atoms with Crippen LogP contribution in [0.15, 0.2) is 0 Å². The number of carbonyl (C=O) groups excluding carboxylic acids is 1. The minimum atomic E-state index is -0.895. The first-order valence-electron chi connectivity index (χ1n) is 6.12. The Bertz CT molecular complexity index is 317. The van der Waals surface area contributed by atoms with Crippen molar-refractivity contribution in [2.45, 2.75) is 39.2 Å². The summed E-state index contributed by atoms with van der Waals surface area (Å²) in [6, 6.07) is -0.338. The van der Waals surface area contributed by atoms with E-state index in [1.807, 2.05) is 20.8 Å². The zero-order valence-corrected chi connectivity index (χ0v) is 11.2. The summed E-state index contributed by atoms with van der Waals surface area (Å²) in [6.07, 6.45) is 0.857. The van der Waals surface area contributed by atoms with Crippen LogP contribution < -0.4 is 10.6 Å². The third kappa shape index (κ3) is 4.18. The van der Waals surface area contributed by atoms with Gasteiger partial charge in [-0.25, -0.2) is 4.79 Å². The highest BCUT2D eigenvalue weighted by Gasteiger charge is 2.40. The number of hydrogen-bond acceptors (Lipinski definition) is 3. The van der Waals surface area contributed by atoms with Crippen LogP contribution in [0.3, 0.4) is 0 Å². The molecule has 1 saturated heterocycles. The van der Waals surface area contributed by atoms with Gasteiger partial charge in [0.1, 0.15) is 0 Å². The molecule has 0 spiro atoms. The molecule has 0 aliphatic carbocycles. The van der Waals surface area contributed by atoms with Crippen LogP contribution in [0.1, 0.15) is 33.6 Å². The first-order valence-corrected chi connectivity index (χ1v) is 6.12. The van der Waals surface area contributed by atoms with Crippen LogP contribution in [0, 0.1) is 5.41 Å². The molecular formula is C12H22N2O4. The lowest BCUT2D eigenvalue weighted by Gasteiger charge is -2.33. The Labute approximate surface area is 107 Å². The molecule has 0 bridgehead atoms. The summed E-state index contributed by atoms with van der Waals surface area (Å²) in [5.41, 5.74) is -1.23. The SMILES string of the molecule is CC(C)(C)NC(=O)NCC1(C(=O)O)CCOCC1. The van der Waals surface area contributed by atoms with Crippen molar-refractivity contribution in [3.8, 4) is 0 Å². The molecule has 1 fully saturated rings. The number of nitrogens with one attached hydrogen (secondary N) is 2. The van der Waals surface area contributed by atoms with Gasteiger partial charge in [-0.2, -0.15) is 0 Å². The summed E-state index contributed by atoms with van der Waals surface area (Å²) in [4.78, 5) is 23.0. The smallest absolute Gasteiger partial charge is 0.315 e. The molecule has 1 rings (SSSR count). The van der Waals surface area contributed by atoms with Gasteiger partial charge in [0, 0.05) is 25.3 Å². The van der Waals surface area contributed by atoms with E-state index in [2.05, 4.69) is 10.6 Å². The lowest BCUT2D eigenvalue weighted by atomic mass is 9.80. The second-order valence-corrected chi connectivity index (χ2v) is 5.76. The minimum absolute atomic E-state index is 0.133. The molecule has 0 aromatic heterocycles. The molecule has 0 unspecified atom stereocenters. The highest BCUT2D eigenvalue weighted by Crippen LogP contribution is 2.30. The van der Waals surface area contributed by atoms with E-state index in [0.29, 0.717) is 26.1 Å². The van der Waals surface area contributed by atoms with E-state index in [0.717, 1.165) is 0 Å². The molecule has 1 aliphatic heterocycles. The van der Waals surface area contributed by atoms with Gasteiger partial charge in [0.25, 0.3) is 0 Å². The molecule has 0 saturated carbocycles. The zero-order valence-electron chi connectivity index (χ0n) is 11.2. The number of ether oxygens (including phenoxy) is 1. The van der Waals surface area contributed by atoms with Crippen LogP contribution >= 0.6 is 0 Å². The highest BCUT2D eigenvalue weighted by atomic mass is 16.5. The minimum Gasteiger partial charge on any atom is -0.481 e. The molecule has 6 heteroatoms. The van der Waals surface area contributed by atoms with E-state index in [1.54, 1.807) is 0 Å². The van der Waals surface area contributed by atoms with Crippen LogP contribution in [0.25, 0.3) is 0 Å². The summed E-state index contributed by atoms with van der Waals surface area (Å²) >= 11 is 0. The van der Waals surface area contributed by atoms with E-state index in [4.69, 9.17) is 4.74 Å². The third-order valence-corrected chi connectivity index (χ3v) is 2.98. The Balaban J connectivity index is 2.53. The molecule has 104 valence electrons. The van der Waals surface area contributed by atoms with Crippen molar-refractivity contribution in [3.05, 3.63) is 0 Å². The average Bonchev–Trinajstić information content (AvgIpc) is 2.25. The molecule has 0 radical (unpaired) electrons. The van der Waals surface area contributed by atoms with Gasteiger partial charge in [-0.3, -0.25) is 4.79 Å². The van der Waals surface area contributed by atoms with Gasteiger partial charge in [-0.1, -0.05) is 0 Å². The number of hydrogen-bond donors (Lipinski definition) is 3. The molecular weight excluding hydrogens is 236 g/mol. The molecule has 6 nitrogen and oxygen atoms in total. The van der Waals surface area contributed by atoms with Gasteiger partial charge < -0.3 is 20.5 Å². The fraction of sp³-hybridized carbons (Fsp3) is 0.833. The topological polar surface area (TPSA) is 87.7 Å². The van der Waals surface area contributed by atoms with Gasteiger partial charge in [0.2, 0.25) is 0 Å². The average molecular weight is 258 g/mol. The first-order chi connectivity index (χ1) is 8.25. The number of carboxylic acid groups (broad SMARTS) is 1. The van der Waals surface area contributed by atoms with E-state index >= 15 is 0 Å². The number of aliphatic carboxylic acids is 1. The summed E-state index contributed by atoms with van der Waals surface area (Å²) in [7, 11) is 0. The molecule has 0 aromatic carbocycles. The first kappa shape index (κ1) is 14.8. The second-order valence-electron chi connectivity index (χ2n) is 5.76. The molecule has 1 aliphatic rings. The van der Waals surface area contributed by atoms with Crippen LogP contribution in [0.5, 0.6) is 0 Å². The number of urea groups is 1. The van der Waals surface area contributed by atoms with Crippen molar-refractivity contribution in [2.24, 2.45) is 5.41 Å². The Morgan fingerprint density at radius 3 is 2.28 bits per heavy atom.